The smallest absolute Gasteiger partial charge is 0.417 e. The maximum atomic E-state index is 12.9. The lowest BCUT2D eigenvalue weighted by atomic mass is 10.2. The van der Waals surface area contributed by atoms with Gasteiger partial charge in [0.25, 0.3) is 5.91 Å². The van der Waals surface area contributed by atoms with E-state index in [0.29, 0.717) is 22.9 Å². The summed E-state index contributed by atoms with van der Waals surface area (Å²) >= 11 is 0. The van der Waals surface area contributed by atoms with Crippen LogP contribution in [0.2, 0.25) is 0 Å². The minimum Gasteiger partial charge on any atom is -0.455 e. The molecule has 0 aliphatic heterocycles. The highest BCUT2D eigenvalue weighted by Gasteiger charge is 2.30. The molecule has 0 fully saturated rings. The van der Waals surface area contributed by atoms with Crippen molar-refractivity contribution in [2.24, 2.45) is 0 Å². The van der Waals surface area contributed by atoms with Gasteiger partial charge in [0.05, 0.1) is 28.7 Å². The first-order valence-electron chi connectivity index (χ1n) is 9.54. The molecule has 162 valence electrons. The van der Waals surface area contributed by atoms with Gasteiger partial charge >= 0.3 is 6.18 Å². The van der Waals surface area contributed by atoms with Crippen LogP contribution in [0, 0.1) is 6.92 Å². The highest BCUT2D eigenvalue weighted by Crippen LogP contribution is 2.30. The predicted octanol–water partition coefficient (Wildman–Crippen LogP) is 5.64. The van der Waals surface area contributed by atoms with E-state index in [2.05, 4.69) is 15.4 Å². The maximum absolute atomic E-state index is 12.9. The van der Waals surface area contributed by atoms with Crippen LogP contribution in [0.25, 0.3) is 5.82 Å². The Labute approximate surface area is 181 Å². The fraction of sp³-hybridized carbons (Fsp3) is 0.0870. The van der Waals surface area contributed by atoms with Crippen LogP contribution in [0.15, 0.2) is 79.1 Å². The summed E-state index contributed by atoms with van der Waals surface area (Å²) < 4.78 is 45.4. The van der Waals surface area contributed by atoms with Crippen LogP contribution < -0.4 is 10.1 Å². The highest BCUT2D eigenvalue weighted by atomic mass is 19.4. The van der Waals surface area contributed by atoms with Gasteiger partial charge in [-0.1, -0.05) is 30.3 Å². The Kier molecular flexibility index (Phi) is 5.63. The fourth-order valence-electron chi connectivity index (χ4n) is 3.01. The van der Waals surface area contributed by atoms with Gasteiger partial charge in [-0.15, -0.1) is 0 Å². The largest absolute Gasteiger partial charge is 0.455 e. The Balaban J connectivity index is 1.55. The first-order chi connectivity index (χ1) is 15.3. The van der Waals surface area contributed by atoms with Gasteiger partial charge in [-0.3, -0.25) is 4.79 Å². The third-order valence-corrected chi connectivity index (χ3v) is 4.65. The van der Waals surface area contributed by atoms with Crippen molar-refractivity contribution < 1.29 is 22.7 Å². The van der Waals surface area contributed by atoms with Crippen molar-refractivity contribution in [2.45, 2.75) is 13.1 Å². The molecule has 0 atom stereocenters. The minimum atomic E-state index is -4.48. The van der Waals surface area contributed by atoms with Crippen molar-refractivity contribution in [3.05, 3.63) is 95.9 Å². The van der Waals surface area contributed by atoms with E-state index in [1.807, 2.05) is 18.2 Å². The first kappa shape index (κ1) is 21.1. The highest BCUT2D eigenvalue weighted by molar-refractivity contribution is 6.05. The molecule has 0 spiro atoms. The molecule has 0 radical (unpaired) electrons. The molecule has 0 unspecified atom stereocenters. The van der Waals surface area contributed by atoms with Gasteiger partial charge in [0.15, 0.2) is 11.6 Å². The number of nitrogens with zero attached hydrogens (tertiary/aromatic N) is 3. The number of amides is 1. The molecule has 4 rings (SSSR count). The molecule has 0 saturated carbocycles. The molecule has 0 saturated heterocycles. The molecule has 6 nitrogen and oxygen atoms in total. The van der Waals surface area contributed by atoms with Crippen LogP contribution in [0.1, 0.15) is 21.6 Å². The van der Waals surface area contributed by atoms with Crippen LogP contribution in [0.5, 0.6) is 11.5 Å². The predicted molar refractivity (Wildman–Crippen MR) is 112 cm³/mol. The Morgan fingerprint density at radius 1 is 0.969 bits per heavy atom. The number of hydrogen-bond donors (Lipinski definition) is 1. The number of benzene rings is 2. The second kappa shape index (κ2) is 8.54. The van der Waals surface area contributed by atoms with Crippen LogP contribution >= 0.6 is 0 Å². The summed E-state index contributed by atoms with van der Waals surface area (Å²) in [5.74, 6) is 0.806. The molecule has 1 N–H and O–H groups in total. The van der Waals surface area contributed by atoms with Gasteiger partial charge in [0.1, 0.15) is 5.75 Å². The number of hydrogen-bond acceptors (Lipinski definition) is 4. The summed E-state index contributed by atoms with van der Waals surface area (Å²) in [6, 6.07) is 18.2. The van der Waals surface area contributed by atoms with Crippen LogP contribution in [-0.2, 0) is 6.18 Å². The lowest BCUT2D eigenvalue weighted by Gasteiger charge is -2.12. The van der Waals surface area contributed by atoms with E-state index >= 15 is 0 Å². The summed E-state index contributed by atoms with van der Waals surface area (Å²) in [7, 11) is 0. The van der Waals surface area contributed by atoms with E-state index in [4.69, 9.17) is 4.74 Å². The van der Waals surface area contributed by atoms with E-state index in [1.165, 1.54) is 16.9 Å². The Hall–Kier alpha value is -4.14. The Morgan fingerprint density at radius 3 is 2.38 bits per heavy atom. The number of anilines is 1. The van der Waals surface area contributed by atoms with Crippen LogP contribution in [0.3, 0.4) is 0 Å². The number of carbonyl (C=O) groups is 1. The summed E-state index contributed by atoms with van der Waals surface area (Å²) in [4.78, 5) is 16.7. The van der Waals surface area contributed by atoms with Gasteiger partial charge in [-0.2, -0.15) is 18.3 Å². The summed E-state index contributed by atoms with van der Waals surface area (Å²) in [5.41, 5.74) is 0.276. The van der Waals surface area contributed by atoms with Gasteiger partial charge in [-0.25, -0.2) is 9.67 Å². The number of carbonyl (C=O) groups excluding carboxylic acids is 1. The fourth-order valence-corrected chi connectivity index (χ4v) is 3.01. The van der Waals surface area contributed by atoms with Crippen LogP contribution in [0.4, 0.5) is 18.9 Å². The summed E-state index contributed by atoms with van der Waals surface area (Å²) in [6.07, 6.45) is -2.41. The Morgan fingerprint density at radius 2 is 1.69 bits per heavy atom. The van der Waals surface area contributed by atoms with Crippen molar-refractivity contribution in [3.63, 3.8) is 0 Å². The topological polar surface area (TPSA) is 69.0 Å². The molecule has 0 bridgehead atoms. The monoisotopic (exact) mass is 438 g/mol. The number of rotatable bonds is 5. The average Bonchev–Trinajstić information content (AvgIpc) is 3.17. The van der Waals surface area contributed by atoms with Crippen LogP contribution in [-0.4, -0.2) is 20.7 Å². The molecule has 2 aromatic heterocycles. The number of aromatic nitrogens is 3. The summed E-state index contributed by atoms with van der Waals surface area (Å²) in [5, 5.41) is 6.91. The van der Waals surface area contributed by atoms with Gasteiger partial charge in [0.2, 0.25) is 0 Å². The number of para-hydroxylation sites is 3. The van der Waals surface area contributed by atoms with Crippen molar-refractivity contribution in [3.8, 4) is 17.3 Å². The van der Waals surface area contributed by atoms with Gasteiger partial charge in [0, 0.05) is 6.20 Å². The van der Waals surface area contributed by atoms with Gasteiger partial charge in [-0.05, 0) is 43.3 Å². The molecule has 0 aliphatic rings. The molecule has 0 aliphatic carbocycles. The number of nitrogens with one attached hydrogen (secondary N) is 1. The molecule has 2 heterocycles. The quantitative estimate of drug-likeness (QED) is 0.438. The van der Waals surface area contributed by atoms with Crippen molar-refractivity contribution in [1.82, 2.24) is 14.8 Å². The molecule has 4 aromatic rings. The normalized spacial score (nSPS) is 11.2. The zero-order valence-corrected chi connectivity index (χ0v) is 16.8. The van der Waals surface area contributed by atoms with E-state index in [0.717, 1.165) is 12.3 Å². The zero-order chi connectivity index (χ0) is 22.7. The number of pyridine rings is 1. The SMILES string of the molecule is Cc1c(C(=O)Nc2ccccc2Oc2ccccc2)cnn1-c1ccc(C(F)(F)F)cn1. The van der Waals surface area contributed by atoms with Crippen molar-refractivity contribution in [1.29, 1.82) is 0 Å². The minimum absolute atomic E-state index is 0.169. The molecular formula is C23H17F3N4O2. The van der Waals surface area contributed by atoms with Gasteiger partial charge < -0.3 is 10.1 Å². The lowest BCUT2D eigenvalue weighted by molar-refractivity contribution is -0.137. The van der Waals surface area contributed by atoms with E-state index in [1.54, 1.807) is 43.3 Å². The molecule has 1 amide bonds. The third-order valence-electron chi connectivity index (χ3n) is 4.65. The lowest BCUT2D eigenvalue weighted by Crippen LogP contribution is -2.14. The second-order valence-corrected chi connectivity index (χ2v) is 6.82. The number of ether oxygens (including phenoxy) is 1. The molecule has 32 heavy (non-hydrogen) atoms. The van der Waals surface area contributed by atoms with Crippen molar-refractivity contribution >= 4 is 11.6 Å². The van der Waals surface area contributed by atoms with E-state index in [9.17, 15) is 18.0 Å². The van der Waals surface area contributed by atoms with Crippen molar-refractivity contribution in [2.75, 3.05) is 5.32 Å². The average molecular weight is 438 g/mol. The first-order valence-corrected chi connectivity index (χ1v) is 9.54. The molecule has 2 aromatic carbocycles. The second-order valence-electron chi connectivity index (χ2n) is 6.82. The maximum Gasteiger partial charge on any atom is 0.417 e. The van der Waals surface area contributed by atoms with E-state index in [-0.39, 0.29) is 11.4 Å². The standard InChI is InChI=1S/C23H17F3N4O2/c1-15-18(14-28-30(15)21-12-11-16(13-27-21)23(24,25)26)22(31)29-19-9-5-6-10-20(19)32-17-7-3-2-4-8-17/h2-14H,1H3,(H,29,31). The zero-order valence-electron chi connectivity index (χ0n) is 16.8. The Bertz CT molecular complexity index is 1240. The third kappa shape index (κ3) is 4.46. The van der Waals surface area contributed by atoms with E-state index < -0.39 is 17.6 Å². The summed E-state index contributed by atoms with van der Waals surface area (Å²) in [6.45, 7) is 1.63. The molecular weight excluding hydrogens is 421 g/mol. The number of halogens is 3. The molecule has 9 heteroatoms. The number of alkyl halides is 3.